The second-order valence-electron chi connectivity index (χ2n) is 4.93. The predicted octanol–water partition coefficient (Wildman–Crippen LogP) is 2.05. The van der Waals surface area contributed by atoms with Gasteiger partial charge in [-0.25, -0.2) is 4.99 Å². The van der Waals surface area contributed by atoms with Crippen molar-refractivity contribution in [3.05, 3.63) is 24.2 Å². The molecule has 1 atom stereocenters. The number of likely N-dealkylation sites (N-methyl/N-ethyl adjacent to an activating group) is 1. The minimum absolute atomic E-state index is 0. The lowest BCUT2D eigenvalue weighted by atomic mass is 10.2. The molecule has 2 heterocycles. The molecule has 1 aliphatic heterocycles. The molecule has 0 aromatic carbocycles. The first-order valence-electron chi connectivity index (χ1n) is 7.04. The number of aliphatic imine (C=N–C) groups is 1. The number of hydrogen-bond acceptors (Lipinski definition) is 3. The van der Waals surface area contributed by atoms with Gasteiger partial charge in [0, 0.05) is 19.1 Å². The van der Waals surface area contributed by atoms with Crippen LogP contribution < -0.4 is 10.6 Å². The lowest BCUT2D eigenvalue weighted by Gasteiger charge is -2.21. The molecule has 0 spiro atoms. The van der Waals surface area contributed by atoms with Gasteiger partial charge in [0.15, 0.2) is 5.96 Å². The van der Waals surface area contributed by atoms with Crippen LogP contribution in [0, 0.1) is 0 Å². The van der Waals surface area contributed by atoms with Gasteiger partial charge in [0.25, 0.3) is 0 Å². The summed E-state index contributed by atoms with van der Waals surface area (Å²) < 4.78 is 5.29. The van der Waals surface area contributed by atoms with Gasteiger partial charge in [-0.3, -0.25) is 0 Å². The average Bonchev–Trinajstić information content (AvgIpc) is 3.04. The van der Waals surface area contributed by atoms with Crippen molar-refractivity contribution in [1.29, 1.82) is 0 Å². The van der Waals surface area contributed by atoms with E-state index in [1.165, 1.54) is 19.4 Å². The van der Waals surface area contributed by atoms with E-state index in [-0.39, 0.29) is 24.0 Å². The zero-order valence-corrected chi connectivity index (χ0v) is 14.6. The Bertz CT molecular complexity index is 394. The van der Waals surface area contributed by atoms with Crippen molar-refractivity contribution >= 4 is 29.9 Å². The molecule has 114 valence electrons. The first-order chi connectivity index (χ1) is 9.29. The van der Waals surface area contributed by atoms with Crippen molar-refractivity contribution in [1.82, 2.24) is 15.5 Å². The molecule has 2 N–H and O–H groups in total. The molecule has 1 aromatic rings. The highest BCUT2D eigenvalue weighted by molar-refractivity contribution is 14.0. The van der Waals surface area contributed by atoms with Crippen LogP contribution >= 0.6 is 24.0 Å². The Morgan fingerprint density at radius 1 is 1.50 bits per heavy atom. The maximum absolute atomic E-state index is 5.29. The SMILES string of the molecule is CCNC(=NCc1ccco1)NCC1CCCN1C.I. The second-order valence-corrected chi connectivity index (χ2v) is 4.93. The van der Waals surface area contributed by atoms with Crippen molar-refractivity contribution in [2.45, 2.75) is 32.4 Å². The monoisotopic (exact) mass is 392 g/mol. The minimum atomic E-state index is 0. The summed E-state index contributed by atoms with van der Waals surface area (Å²) in [6.07, 6.45) is 4.24. The number of hydrogen-bond donors (Lipinski definition) is 2. The third kappa shape index (κ3) is 5.32. The quantitative estimate of drug-likeness (QED) is 0.458. The summed E-state index contributed by atoms with van der Waals surface area (Å²) in [6.45, 7) is 5.66. The maximum atomic E-state index is 5.29. The van der Waals surface area contributed by atoms with Gasteiger partial charge in [-0.2, -0.15) is 0 Å². The highest BCUT2D eigenvalue weighted by atomic mass is 127. The number of nitrogens with zero attached hydrogens (tertiary/aromatic N) is 2. The first kappa shape index (κ1) is 17.3. The van der Waals surface area contributed by atoms with Gasteiger partial charge >= 0.3 is 0 Å². The molecular formula is C14H25IN4O. The molecule has 0 aliphatic carbocycles. The Morgan fingerprint density at radius 2 is 2.35 bits per heavy atom. The van der Waals surface area contributed by atoms with E-state index < -0.39 is 0 Å². The van der Waals surface area contributed by atoms with Crippen LogP contribution in [0.3, 0.4) is 0 Å². The number of halogens is 1. The fraction of sp³-hybridized carbons (Fsp3) is 0.643. The zero-order valence-electron chi connectivity index (χ0n) is 12.3. The van der Waals surface area contributed by atoms with E-state index >= 15 is 0 Å². The van der Waals surface area contributed by atoms with Crippen molar-refractivity contribution in [2.24, 2.45) is 4.99 Å². The first-order valence-corrected chi connectivity index (χ1v) is 7.04. The summed E-state index contributed by atoms with van der Waals surface area (Å²) in [5.41, 5.74) is 0. The Morgan fingerprint density at radius 3 is 2.95 bits per heavy atom. The Kier molecular flexibility index (Phi) is 7.98. The van der Waals surface area contributed by atoms with Crippen molar-refractivity contribution in [3.63, 3.8) is 0 Å². The Balaban J connectivity index is 0.00000200. The zero-order chi connectivity index (χ0) is 13.5. The van der Waals surface area contributed by atoms with E-state index in [4.69, 9.17) is 4.42 Å². The summed E-state index contributed by atoms with van der Waals surface area (Å²) in [6, 6.07) is 4.45. The molecule has 0 radical (unpaired) electrons. The lowest BCUT2D eigenvalue weighted by Crippen LogP contribution is -2.44. The molecule has 2 rings (SSSR count). The standard InChI is InChI=1S/C14H24N4O.HI/c1-3-15-14(17-11-13-7-5-9-19-13)16-10-12-6-4-8-18(12)2;/h5,7,9,12H,3-4,6,8,10-11H2,1-2H3,(H2,15,16,17);1H. The summed E-state index contributed by atoms with van der Waals surface area (Å²) >= 11 is 0. The molecule has 0 saturated carbocycles. The van der Waals surface area contributed by atoms with Crippen LogP contribution in [-0.2, 0) is 6.54 Å². The van der Waals surface area contributed by atoms with E-state index in [0.29, 0.717) is 12.6 Å². The summed E-state index contributed by atoms with van der Waals surface area (Å²) in [4.78, 5) is 6.93. The van der Waals surface area contributed by atoms with Gasteiger partial charge in [0.1, 0.15) is 12.3 Å². The highest BCUT2D eigenvalue weighted by Crippen LogP contribution is 2.13. The van der Waals surface area contributed by atoms with E-state index in [0.717, 1.165) is 24.8 Å². The molecule has 20 heavy (non-hydrogen) atoms. The number of nitrogens with one attached hydrogen (secondary N) is 2. The Hall–Kier alpha value is -0.760. The molecule has 6 heteroatoms. The van der Waals surface area contributed by atoms with Crippen LogP contribution in [0.15, 0.2) is 27.8 Å². The topological polar surface area (TPSA) is 52.8 Å². The molecule has 1 aliphatic rings. The van der Waals surface area contributed by atoms with E-state index in [1.807, 2.05) is 12.1 Å². The lowest BCUT2D eigenvalue weighted by molar-refractivity contribution is 0.309. The van der Waals surface area contributed by atoms with Gasteiger partial charge < -0.3 is 20.0 Å². The Labute approximate surface area is 138 Å². The minimum Gasteiger partial charge on any atom is -0.467 e. The second kappa shape index (κ2) is 9.23. The van der Waals surface area contributed by atoms with Gasteiger partial charge in [0.05, 0.1) is 6.26 Å². The fourth-order valence-electron chi connectivity index (χ4n) is 2.35. The van der Waals surface area contributed by atoms with Crippen molar-refractivity contribution in [3.8, 4) is 0 Å². The van der Waals surface area contributed by atoms with Crippen LogP contribution in [0.1, 0.15) is 25.5 Å². The van der Waals surface area contributed by atoms with Crippen molar-refractivity contribution in [2.75, 3.05) is 26.7 Å². The van der Waals surface area contributed by atoms with Crippen LogP contribution in [0.25, 0.3) is 0 Å². The fourth-order valence-corrected chi connectivity index (χ4v) is 2.35. The third-order valence-corrected chi connectivity index (χ3v) is 3.49. The number of likely N-dealkylation sites (tertiary alicyclic amines) is 1. The number of furan rings is 1. The average molecular weight is 392 g/mol. The van der Waals surface area contributed by atoms with Crippen LogP contribution in [-0.4, -0.2) is 43.6 Å². The van der Waals surface area contributed by atoms with E-state index in [9.17, 15) is 0 Å². The number of rotatable bonds is 5. The van der Waals surface area contributed by atoms with Crippen molar-refractivity contribution < 1.29 is 4.42 Å². The van der Waals surface area contributed by atoms with Crippen LogP contribution in [0.4, 0.5) is 0 Å². The molecule has 0 amide bonds. The molecule has 1 saturated heterocycles. The third-order valence-electron chi connectivity index (χ3n) is 3.49. The van der Waals surface area contributed by atoms with Crippen LogP contribution in [0.5, 0.6) is 0 Å². The molecule has 1 fully saturated rings. The largest absolute Gasteiger partial charge is 0.467 e. The number of guanidine groups is 1. The predicted molar refractivity (Wildman–Crippen MR) is 92.6 cm³/mol. The van der Waals surface area contributed by atoms with Gasteiger partial charge in [-0.05, 0) is 45.5 Å². The van der Waals surface area contributed by atoms with E-state index in [1.54, 1.807) is 6.26 Å². The van der Waals surface area contributed by atoms with E-state index in [2.05, 4.69) is 34.5 Å². The summed E-state index contributed by atoms with van der Waals surface area (Å²) in [7, 11) is 2.19. The summed E-state index contributed by atoms with van der Waals surface area (Å²) in [5.74, 6) is 1.74. The molecule has 5 nitrogen and oxygen atoms in total. The summed E-state index contributed by atoms with van der Waals surface area (Å²) in [5, 5.41) is 6.67. The maximum Gasteiger partial charge on any atom is 0.191 e. The van der Waals surface area contributed by atoms with Crippen LogP contribution in [0.2, 0.25) is 0 Å². The van der Waals surface area contributed by atoms with Gasteiger partial charge in [-0.1, -0.05) is 0 Å². The molecule has 0 bridgehead atoms. The molecule has 1 unspecified atom stereocenters. The molecule has 1 aromatic heterocycles. The normalized spacial score (nSPS) is 19.7. The van der Waals surface area contributed by atoms with Gasteiger partial charge in [-0.15, -0.1) is 24.0 Å². The van der Waals surface area contributed by atoms with Gasteiger partial charge in [0.2, 0.25) is 0 Å². The smallest absolute Gasteiger partial charge is 0.191 e. The molecular weight excluding hydrogens is 367 g/mol. The highest BCUT2D eigenvalue weighted by Gasteiger charge is 2.20.